The van der Waals surface area contributed by atoms with E-state index in [0.29, 0.717) is 24.2 Å². The fourth-order valence-electron chi connectivity index (χ4n) is 3.92. The summed E-state index contributed by atoms with van der Waals surface area (Å²) in [5, 5.41) is 5.53. The van der Waals surface area contributed by atoms with Gasteiger partial charge in [-0.3, -0.25) is 4.79 Å². The third kappa shape index (κ3) is 3.29. The van der Waals surface area contributed by atoms with E-state index in [0.717, 1.165) is 41.3 Å². The quantitative estimate of drug-likeness (QED) is 0.667. The lowest BCUT2D eigenvalue weighted by molar-refractivity contribution is 0.0731. The Balaban J connectivity index is 1.27. The van der Waals surface area contributed by atoms with Gasteiger partial charge in [-0.2, -0.15) is 0 Å². The Morgan fingerprint density at radius 3 is 3.04 bits per heavy atom. The fourth-order valence-corrected chi connectivity index (χ4v) is 4.94. The monoisotopic (exact) mass is 396 g/mol. The van der Waals surface area contributed by atoms with Crippen molar-refractivity contribution >= 4 is 33.3 Å². The predicted molar refractivity (Wildman–Crippen MR) is 111 cm³/mol. The van der Waals surface area contributed by atoms with Crippen LogP contribution >= 0.6 is 11.3 Å². The van der Waals surface area contributed by atoms with Crippen molar-refractivity contribution in [2.75, 3.05) is 32.1 Å². The summed E-state index contributed by atoms with van der Waals surface area (Å²) in [5.41, 5.74) is 3.07. The summed E-state index contributed by atoms with van der Waals surface area (Å²) in [6, 6.07) is 9.93. The average Bonchev–Trinajstić information content (AvgIpc) is 3.16. The molecule has 2 N–H and O–H groups in total. The van der Waals surface area contributed by atoms with E-state index in [1.54, 1.807) is 18.4 Å². The first-order valence-electron chi connectivity index (χ1n) is 9.74. The molecule has 1 aliphatic heterocycles. The minimum Gasteiger partial charge on any atom is -0.384 e. The van der Waals surface area contributed by atoms with Crippen LogP contribution in [0, 0.1) is 5.41 Å². The van der Waals surface area contributed by atoms with Gasteiger partial charge in [0.15, 0.2) is 5.13 Å². The molecule has 1 fully saturated rings. The number of amides is 1. The number of nitrogens with one attached hydrogen (secondary N) is 2. The van der Waals surface area contributed by atoms with Gasteiger partial charge in [-0.1, -0.05) is 29.5 Å². The van der Waals surface area contributed by atoms with Crippen LogP contribution in [0.3, 0.4) is 0 Å². The van der Waals surface area contributed by atoms with Crippen LogP contribution < -0.4 is 5.32 Å². The summed E-state index contributed by atoms with van der Waals surface area (Å²) in [6.07, 6.45) is 3.24. The molecule has 0 saturated heterocycles. The van der Waals surface area contributed by atoms with Gasteiger partial charge in [0.05, 0.1) is 18.8 Å². The lowest BCUT2D eigenvalue weighted by atomic mass is 10.1. The minimum atomic E-state index is 0.0572. The van der Waals surface area contributed by atoms with Gasteiger partial charge >= 0.3 is 0 Å². The second-order valence-corrected chi connectivity index (χ2v) is 9.01. The number of H-pyrrole nitrogens is 1. The van der Waals surface area contributed by atoms with E-state index in [-0.39, 0.29) is 5.91 Å². The summed E-state index contributed by atoms with van der Waals surface area (Å²) < 4.78 is 5.34. The van der Waals surface area contributed by atoms with Gasteiger partial charge < -0.3 is 19.9 Å². The van der Waals surface area contributed by atoms with Crippen LogP contribution in [0.2, 0.25) is 0 Å². The van der Waals surface area contributed by atoms with Crippen LogP contribution in [-0.2, 0) is 17.7 Å². The number of hydrogen-bond acceptors (Lipinski definition) is 5. The number of aromatic nitrogens is 2. The number of nitrogens with zero attached hydrogens (tertiary/aromatic N) is 2. The first-order valence-corrected chi connectivity index (χ1v) is 10.6. The lowest BCUT2D eigenvalue weighted by Crippen LogP contribution is -2.35. The summed E-state index contributed by atoms with van der Waals surface area (Å²) in [5.74, 6) is 0.0572. The minimum absolute atomic E-state index is 0.0572. The summed E-state index contributed by atoms with van der Waals surface area (Å²) >= 11 is 1.68. The predicted octanol–water partition coefficient (Wildman–Crippen LogP) is 3.66. The highest BCUT2D eigenvalue weighted by Crippen LogP contribution is 2.46. The Bertz CT molecular complexity index is 988. The van der Waals surface area contributed by atoms with Crippen molar-refractivity contribution in [1.82, 2.24) is 14.9 Å². The van der Waals surface area contributed by atoms with Gasteiger partial charge in [0, 0.05) is 47.8 Å². The molecule has 2 aromatic heterocycles. The normalized spacial score (nSPS) is 17.5. The van der Waals surface area contributed by atoms with E-state index in [9.17, 15) is 4.79 Å². The summed E-state index contributed by atoms with van der Waals surface area (Å²) in [7, 11) is 1.76. The van der Waals surface area contributed by atoms with Crippen LogP contribution in [-0.4, -0.2) is 47.6 Å². The van der Waals surface area contributed by atoms with Crippen molar-refractivity contribution in [2.45, 2.75) is 25.8 Å². The SMILES string of the molecule is COCC1(CNc2nc3c(s2)CN(C(=O)c2cc4ccccc4[nH]2)CC3)CC1. The maximum Gasteiger partial charge on any atom is 0.270 e. The zero-order valence-corrected chi connectivity index (χ0v) is 16.8. The Morgan fingerprint density at radius 2 is 2.25 bits per heavy atom. The Morgan fingerprint density at radius 1 is 1.39 bits per heavy atom. The zero-order chi connectivity index (χ0) is 19.1. The molecule has 0 radical (unpaired) electrons. The van der Waals surface area contributed by atoms with Crippen molar-refractivity contribution in [2.24, 2.45) is 5.41 Å². The number of anilines is 1. The highest BCUT2D eigenvalue weighted by molar-refractivity contribution is 7.15. The van der Waals surface area contributed by atoms with Crippen LogP contribution in [0.1, 0.15) is 33.9 Å². The highest BCUT2D eigenvalue weighted by Gasteiger charge is 2.42. The fraction of sp³-hybridized carbons (Fsp3) is 0.429. The molecule has 1 aromatic carbocycles. The number of carbonyl (C=O) groups excluding carboxylic acids is 1. The molecular weight excluding hydrogens is 372 g/mol. The van der Waals surface area contributed by atoms with Crippen LogP contribution in [0.25, 0.3) is 10.9 Å². The third-order valence-corrected chi connectivity index (χ3v) is 6.84. The molecule has 146 valence electrons. The molecule has 3 aromatic rings. The summed E-state index contributed by atoms with van der Waals surface area (Å²) in [6.45, 7) is 3.05. The smallest absolute Gasteiger partial charge is 0.270 e. The molecule has 1 aliphatic carbocycles. The Kier molecular flexibility index (Phi) is 4.36. The van der Waals surface area contributed by atoms with E-state index in [1.807, 2.05) is 35.2 Å². The zero-order valence-electron chi connectivity index (χ0n) is 16.0. The molecule has 7 heteroatoms. The molecule has 5 rings (SSSR count). The number of benzene rings is 1. The molecule has 6 nitrogen and oxygen atoms in total. The van der Waals surface area contributed by atoms with Crippen molar-refractivity contribution in [3.05, 3.63) is 46.6 Å². The van der Waals surface area contributed by atoms with Crippen molar-refractivity contribution in [1.29, 1.82) is 0 Å². The van der Waals surface area contributed by atoms with E-state index in [1.165, 1.54) is 17.7 Å². The number of methoxy groups -OCH3 is 1. The number of aromatic amines is 1. The molecular formula is C21H24N4O2S. The number of hydrogen-bond donors (Lipinski definition) is 2. The topological polar surface area (TPSA) is 70.2 Å². The Labute approximate surface area is 167 Å². The Hall–Kier alpha value is -2.38. The van der Waals surface area contributed by atoms with Crippen molar-refractivity contribution in [3.63, 3.8) is 0 Å². The number of rotatable bonds is 6. The first-order chi connectivity index (χ1) is 13.7. The third-order valence-electron chi connectivity index (χ3n) is 5.80. The maximum atomic E-state index is 13.0. The van der Waals surface area contributed by atoms with Crippen LogP contribution in [0.15, 0.2) is 30.3 Å². The molecule has 2 aliphatic rings. The van der Waals surface area contributed by atoms with Crippen LogP contribution in [0.4, 0.5) is 5.13 Å². The van der Waals surface area contributed by atoms with Gasteiger partial charge in [0.25, 0.3) is 5.91 Å². The number of fused-ring (bicyclic) bond motifs is 2. The number of ether oxygens (including phenoxy) is 1. The van der Waals surface area contributed by atoms with E-state index in [2.05, 4.69) is 10.3 Å². The number of carbonyl (C=O) groups is 1. The summed E-state index contributed by atoms with van der Waals surface area (Å²) in [4.78, 5) is 24.1. The maximum absolute atomic E-state index is 13.0. The van der Waals surface area contributed by atoms with Gasteiger partial charge in [0.1, 0.15) is 5.69 Å². The van der Waals surface area contributed by atoms with E-state index >= 15 is 0 Å². The van der Waals surface area contributed by atoms with Gasteiger partial charge in [-0.05, 0) is 25.0 Å². The van der Waals surface area contributed by atoms with Gasteiger partial charge in [0.2, 0.25) is 0 Å². The molecule has 0 spiro atoms. The second kappa shape index (κ2) is 6.90. The first kappa shape index (κ1) is 17.7. The lowest BCUT2D eigenvalue weighted by Gasteiger charge is -2.25. The van der Waals surface area contributed by atoms with Gasteiger partial charge in [-0.25, -0.2) is 4.98 Å². The standard InChI is InChI=1S/C21H24N4O2S/c1-27-13-21(7-8-21)12-22-20-24-16-6-9-25(11-18(16)28-20)19(26)17-10-14-4-2-3-5-15(14)23-17/h2-5,10,23H,6-9,11-13H2,1H3,(H,22,24). The van der Waals surface area contributed by atoms with E-state index < -0.39 is 0 Å². The molecule has 0 atom stereocenters. The number of para-hydroxylation sites is 1. The molecule has 1 amide bonds. The van der Waals surface area contributed by atoms with E-state index in [4.69, 9.17) is 9.72 Å². The highest BCUT2D eigenvalue weighted by atomic mass is 32.1. The van der Waals surface area contributed by atoms with Crippen LogP contribution in [0.5, 0.6) is 0 Å². The molecule has 0 unspecified atom stereocenters. The molecule has 28 heavy (non-hydrogen) atoms. The van der Waals surface area contributed by atoms with Crippen molar-refractivity contribution < 1.29 is 9.53 Å². The average molecular weight is 397 g/mol. The molecule has 1 saturated carbocycles. The second-order valence-electron chi connectivity index (χ2n) is 7.92. The van der Waals surface area contributed by atoms with Crippen molar-refractivity contribution in [3.8, 4) is 0 Å². The largest absolute Gasteiger partial charge is 0.384 e. The molecule has 0 bridgehead atoms. The number of thiazole rings is 1. The van der Waals surface area contributed by atoms with Gasteiger partial charge in [-0.15, -0.1) is 0 Å². The molecule has 3 heterocycles.